The van der Waals surface area contributed by atoms with Gasteiger partial charge in [-0.05, 0) is 49.2 Å². The van der Waals surface area contributed by atoms with Crippen LogP contribution in [0.25, 0.3) is 11.1 Å². The maximum absolute atomic E-state index is 6.84. The highest BCUT2D eigenvalue weighted by Gasteiger charge is 2.38. The number of rotatable bonds is 14. The lowest BCUT2D eigenvalue weighted by Crippen LogP contribution is -2.42. The van der Waals surface area contributed by atoms with Crippen molar-refractivity contribution in [2.24, 2.45) is 0 Å². The fourth-order valence-electron chi connectivity index (χ4n) is 4.71. The highest BCUT2D eigenvalue weighted by molar-refractivity contribution is 9.10. The molecule has 0 saturated carbocycles. The molecule has 182 valence electrons. The van der Waals surface area contributed by atoms with Gasteiger partial charge < -0.3 is 9.47 Å². The van der Waals surface area contributed by atoms with E-state index in [2.05, 4.69) is 82.1 Å². The van der Waals surface area contributed by atoms with Crippen molar-refractivity contribution in [1.82, 2.24) is 0 Å². The van der Waals surface area contributed by atoms with Crippen LogP contribution >= 0.6 is 31.9 Å². The zero-order valence-electron chi connectivity index (χ0n) is 20.4. The number of hydrogen-bond acceptors (Lipinski definition) is 2. The van der Waals surface area contributed by atoms with Crippen molar-refractivity contribution in [3.8, 4) is 22.6 Å². The van der Waals surface area contributed by atoms with Gasteiger partial charge in [0.2, 0.25) is 0 Å². The van der Waals surface area contributed by atoms with E-state index in [4.69, 9.17) is 9.47 Å². The fourth-order valence-corrected chi connectivity index (χ4v) is 5.39. The summed E-state index contributed by atoms with van der Waals surface area (Å²) >= 11 is 7.31. The Hall–Kier alpha value is -1.00. The van der Waals surface area contributed by atoms with E-state index in [1.54, 1.807) is 0 Å². The van der Waals surface area contributed by atoms with Crippen molar-refractivity contribution in [3.63, 3.8) is 0 Å². The summed E-state index contributed by atoms with van der Waals surface area (Å²) in [5.41, 5.74) is 2.21. The molecule has 1 aliphatic heterocycles. The topological polar surface area (TPSA) is 18.5 Å². The summed E-state index contributed by atoms with van der Waals surface area (Å²) in [5.74, 6) is 1.22. The molecule has 33 heavy (non-hydrogen) atoms. The minimum atomic E-state index is -0.614. The molecule has 3 rings (SSSR count). The molecule has 0 atom stereocenters. The molecule has 4 heteroatoms. The van der Waals surface area contributed by atoms with Gasteiger partial charge in [-0.2, -0.15) is 0 Å². The van der Waals surface area contributed by atoms with Crippen molar-refractivity contribution in [2.75, 3.05) is 0 Å². The minimum absolute atomic E-state index is 0.614. The Morgan fingerprint density at radius 2 is 0.970 bits per heavy atom. The first-order chi connectivity index (χ1) is 16.1. The van der Waals surface area contributed by atoms with E-state index in [-0.39, 0.29) is 0 Å². The number of ether oxygens (including phenoxy) is 2. The zero-order valence-corrected chi connectivity index (χ0v) is 23.6. The number of unbranched alkanes of at least 4 members (excludes halogenated alkanes) is 10. The summed E-state index contributed by atoms with van der Waals surface area (Å²) in [6.45, 7) is 4.54. The van der Waals surface area contributed by atoms with Crippen LogP contribution in [0.15, 0.2) is 45.3 Å². The summed E-state index contributed by atoms with van der Waals surface area (Å²) in [7, 11) is 0. The lowest BCUT2D eigenvalue weighted by Gasteiger charge is -2.34. The van der Waals surface area contributed by atoms with Crippen LogP contribution in [0.1, 0.15) is 104 Å². The lowest BCUT2D eigenvalue weighted by molar-refractivity contribution is -0.125. The summed E-state index contributed by atoms with van der Waals surface area (Å²) in [6, 6.07) is 12.7. The second kappa shape index (κ2) is 13.8. The van der Waals surface area contributed by atoms with Crippen molar-refractivity contribution < 1.29 is 9.47 Å². The third-order valence-electron chi connectivity index (χ3n) is 6.59. The van der Waals surface area contributed by atoms with Gasteiger partial charge in [0, 0.05) is 32.9 Å². The SMILES string of the molecule is CCCCCCCCC1(CCCCCCCC)Oc2cc(Br)ccc2-c2ccc(Br)cc2O1. The molecule has 0 N–H and O–H groups in total. The molecular formula is C29H40Br2O2. The standard InChI is InChI=1S/C29H40Br2O2/c1-3-5-7-9-11-13-19-29(20-14-12-10-8-6-4-2)32-27-21-23(30)15-17-25(27)26-18-16-24(31)22-28(26)33-29/h15-18,21-22H,3-14,19-20H2,1-2H3. The normalized spacial score (nSPS) is 14.1. The first kappa shape index (κ1) is 26.6. The van der Waals surface area contributed by atoms with Crippen molar-refractivity contribution in [1.29, 1.82) is 0 Å². The zero-order chi connectivity index (χ0) is 23.5. The van der Waals surface area contributed by atoms with E-state index in [0.717, 1.165) is 57.3 Å². The van der Waals surface area contributed by atoms with Gasteiger partial charge in [-0.1, -0.05) is 110 Å². The summed E-state index contributed by atoms with van der Waals surface area (Å²) < 4.78 is 15.7. The molecule has 0 amide bonds. The van der Waals surface area contributed by atoms with Crippen LogP contribution in [0, 0.1) is 0 Å². The van der Waals surface area contributed by atoms with Crippen LogP contribution in [0.5, 0.6) is 11.5 Å². The molecular weight excluding hydrogens is 540 g/mol. The number of fused-ring (bicyclic) bond motifs is 3. The fraction of sp³-hybridized carbons (Fsp3) is 0.586. The molecule has 0 aromatic heterocycles. The molecule has 0 spiro atoms. The van der Waals surface area contributed by atoms with E-state index >= 15 is 0 Å². The van der Waals surface area contributed by atoms with Gasteiger partial charge in [-0.25, -0.2) is 0 Å². The number of halogens is 2. The van der Waals surface area contributed by atoms with Gasteiger partial charge >= 0.3 is 0 Å². The molecule has 1 heterocycles. The Balaban J connectivity index is 1.83. The predicted octanol–water partition coefficient (Wildman–Crippen LogP) is 10.8. The van der Waals surface area contributed by atoms with E-state index in [1.165, 1.54) is 64.2 Å². The van der Waals surface area contributed by atoms with Crippen LogP contribution in [0.3, 0.4) is 0 Å². The van der Waals surface area contributed by atoms with Gasteiger partial charge in [-0.15, -0.1) is 0 Å². The molecule has 0 bridgehead atoms. The molecule has 1 aliphatic rings. The molecule has 0 fully saturated rings. The second-order valence-corrected chi connectivity index (χ2v) is 11.3. The molecule has 2 aromatic carbocycles. The van der Waals surface area contributed by atoms with E-state index < -0.39 is 5.79 Å². The van der Waals surface area contributed by atoms with Crippen LogP contribution < -0.4 is 9.47 Å². The van der Waals surface area contributed by atoms with E-state index in [0.29, 0.717) is 0 Å². The number of benzene rings is 2. The Kier molecular flexibility index (Phi) is 11.1. The molecule has 0 aliphatic carbocycles. The van der Waals surface area contributed by atoms with Gasteiger partial charge in [0.1, 0.15) is 11.5 Å². The number of hydrogen-bond donors (Lipinski definition) is 0. The lowest BCUT2D eigenvalue weighted by atomic mass is 9.98. The van der Waals surface area contributed by atoms with Crippen LogP contribution in [0.4, 0.5) is 0 Å². The Morgan fingerprint density at radius 1 is 0.576 bits per heavy atom. The van der Waals surface area contributed by atoms with Crippen molar-refractivity contribution in [3.05, 3.63) is 45.3 Å². The molecule has 2 nitrogen and oxygen atoms in total. The van der Waals surface area contributed by atoms with Gasteiger partial charge in [0.15, 0.2) is 0 Å². The Labute approximate surface area is 218 Å². The molecule has 0 radical (unpaired) electrons. The van der Waals surface area contributed by atoms with E-state index in [1.807, 2.05) is 0 Å². The summed E-state index contributed by atoms with van der Waals surface area (Å²) in [4.78, 5) is 0. The molecule has 0 unspecified atom stereocenters. The van der Waals surface area contributed by atoms with Crippen molar-refractivity contribution >= 4 is 31.9 Å². The average Bonchev–Trinajstić information content (AvgIpc) is 2.92. The smallest absolute Gasteiger partial charge is 0.251 e. The van der Waals surface area contributed by atoms with Crippen molar-refractivity contribution in [2.45, 2.75) is 110 Å². The third-order valence-corrected chi connectivity index (χ3v) is 7.58. The van der Waals surface area contributed by atoms with Crippen LogP contribution in [-0.4, -0.2) is 5.79 Å². The Morgan fingerprint density at radius 3 is 1.39 bits per heavy atom. The van der Waals surface area contributed by atoms with Gasteiger partial charge in [0.05, 0.1) is 0 Å². The predicted molar refractivity (Wildman–Crippen MR) is 147 cm³/mol. The summed E-state index contributed by atoms with van der Waals surface area (Å²) in [6.07, 6.45) is 17.1. The minimum Gasteiger partial charge on any atom is -0.452 e. The van der Waals surface area contributed by atoms with Gasteiger partial charge in [-0.3, -0.25) is 0 Å². The third kappa shape index (κ3) is 8.02. The monoisotopic (exact) mass is 578 g/mol. The quantitative estimate of drug-likeness (QED) is 0.207. The summed E-state index contributed by atoms with van der Waals surface area (Å²) in [5, 5.41) is 0. The first-order valence-corrected chi connectivity index (χ1v) is 14.6. The largest absolute Gasteiger partial charge is 0.452 e. The average molecular weight is 580 g/mol. The molecule has 2 aromatic rings. The first-order valence-electron chi connectivity index (χ1n) is 13.0. The van der Waals surface area contributed by atoms with Gasteiger partial charge in [0.25, 0.3) is 5.79 Å². The molecule has 0 saturated heterocycles. The Bertz CT molecular complexity index is 793. The van der Waals surface area contributed by atoms with Crippen LogP contribution in [-0.2, 0) is 0 Å². The maximum Gasteiger partial charge on any atom is 0.251 e. The second-order valence-electron chi connectivity index (χ2n) is 9.43. The van der Waals surface area contributed by atoms with E-state index in [9.17, 15) is 0 Å². The maximum atomic E-state index is 6.84. The van der Waals surface area contributed by atoms with Crippen LogP contribution in [0.2, 0.25) is 0 Å². The highest BCUT2D eigenvalue weighted by atomic mass is 79.9. The highest BCUT2D eigenvalue weighted by Crippen LogP contribution is 2.46.